The van der Waals surface area contributed by atoms with E-state index in [1.165, 1.54) is 23.5 Å². The summed E-state index contributed by atoms with van der Waals surface area (Å²) in [6.07, 6.45) is 1.74. The average molecular weight is 383 g/mol. The maximum absolute atomic E-state index is 11.9. The largest absolute Gasteiger partial charge is 0.413 e. The Morgan fingerprint density at radius 1 is 0.875 bits per heavy atom. The second-order valence-electron chi connectivity index (χ2n) is 5.11. The topological polar surface area (TPSA) is 200 Å². The molecular weight excluding hydrogens is 358 g/mol. The van der Waals surface area contributed by atoms with Crippen molar-refractivity contribution in [3.05, 3.63) is 0 Å². The van der Waals surface area contributed by atoms with Crippen LogP contribution >= 0.6 is 23.5 Å². The van der Waals surface area contributed by atoms with Gasteiger partial charge in [-0.15, -0.1) is 0 Å². The van der Waals surface area contributed by atoms with Crippen LogP contribution in [0.4, 0.5) is 0 Å². The van der Waals surface area contributed by atoms with Crippen molar-refractivity contribution in [3.63, 3.8) is 0 Å². The molecule has 0 aliphatic carbocycles. The van der Waals surface area contributed by atoms with Crippen LogP contribution in [0.25, 0.3) is 0 Å². The fourth-order valence-electron chi connectivity index (χ4n) is 1.30. The minimum absolute atomic E-state index is 0.0812. The molecule has 10 N–H and O–H groups in total. The molecule has 1 amide bonds. The molecule has 24 heavy (non-hydrogen) atoms. The number of carbonyl (C=O) groups is 3. The zero-order valence-corrected chi connectivity index (χ0v) is 15.3. The number of primary amides is 1. The number of esters is 2. The van der Waals surface area contributed by atoms with Crippen molar-refractivity contribution >= 4 is 41.4 Å². The molecule has 0 fully saturated rings. The first-order valence-electron chi connectivity index (χ1n) is 6.83. The molecule has 140 valence electrons. The molecule has 0 aromatic heterocycles. The van der Waals surface area contributed by atoms with Crippen LogP contribution in [0, 0.1) is 0 Å². The number of carbonyl (C=O) groups excluding carboxylic acids is 3. The number of rotatable bonds is 11. The third-order valence-electron chi connectivity index (χ3n) is 2.86. The summed E-state index contributed by atoms with van der Waals surface area (Å²) in [6, 6.07) is 0. The first kappa shape index (κ1) is 22.9. The van der Waals surface area contributed by atoms with Gasteiger partial charge in [-0.05, 0) is 36.9 Å². The van der Waals surface area contributed by atoms with E-state index in [0.717, 1.165) is 0 Å². The number of thioether (sulfide) groups is 2. The van der Waals surface area contributed by atoms with E-state index >= 15 is 0 Å². The van der Waals surface area contributed by atoms with Gasteiger partial charge in [-0.25, -0.2) is 9.59 Å². The summed E-state index contributed by atoms with van der Waals surface area (Å²) in [7, 11) is 0. The van der Waals surface area contributed by atoms with Crippen molar-refractivity contribution in [1.82, 2.24) is 0 Å². The van der Waals surface area contributed by atoms with Gasteiger partial charge >= 0.3 is 18.2 Å². The maximum atomic E-state index is 11.9. The predicted molar refractivity (Wildman–Crippen MR) is 93.4 cm³/mol. The van der Waals surface area contributed by atoms with Gasteiger partial charge in [0.2, 0.25) is 0 Å². The van der Waals surface area contributed by atoms with Crippen molar-refractivity contribution in [2.24, 2.45) is 28.7 Å². The van der Waals surface area contributed by atoms with Crippen LogP contribution in [0.1, 0.15) is 12.8 Å². The molecule has 0 aromatic carbocycles. The Morgan fingerprint density at radius 2 is 1.21 bits per heavy atom. The summed E-state index contributed by atoms with van der Waals surface area (Å²) < 4.78 is 9.42. The Bertz CT molecular complexity index is 427. The fourth-order valence-corrected chi connectivity index (χ4v) is 2.38. The van der Waals surface area contributed by atoms with Crippen molar-refractivity contribution < 1.29 is 23.9 Å². The van der Waals surface area contributed by atoms with Crippen LogP contribution in [-0.4, -0.2) is 59.5 Å². The zero-order valence-electron chi connectivity index (χ0n) is 13.7. The lowest BCUT2D eigenvalue weighted by Gasteiger charge is -2.27. The molecule has 0 aliphatic rings. The third-order valence-corrected chi connectivity index (χ3v) is 4.09. The second-order valence-corrected chi connectivity index (χ2v) is 7.08. The Hall–Kier alpha value is -1.05. The van der Waals surface area contributed by atoms with E-state index in [-0.39, 0.29) is 12.8 Å². The quantitative estimate of drug-likeness (QED) is 0.188. The number of nitrogens with two attached hydrogens (primary N) is 5. The van der Waals surface area contributed by atoms with Crippen molar-refractivity contribution in [2.45, 2.75) is 30.5 Å². The third kappa shape index (κ3) is 7.68. The molecule has 0 saturated heterocycles. The maximum Gasteiger partial charge on any atom is 0.344 e. The monoisotopic (exact) mass is 383 g/mol. The number of hydrogen-bond donors (Lipinski definition) is 5. The number of amides is 1. The lowest BCUT2D eigenvalue weighted by atomic mass is 10.1. The van der Waals surface area contributed by atoms with Crippen molar-refractivity contribution in [1.29, 1.82) is 0 Å². The molecule has 0 rings (SSSR count). The predicted octanol–water partition coefficient (Wildman–Crippen LogP) is -2.38. The summed E-state index contributed by atoms with van der Waals surface area (Å²) in [5.74, 6) is -2.55. The van der Waals surface area contributed by atoms with Crippen LogP contribution in [0.15, 0.2) is 0 Å². The normalized spacial score (nSPS) is 12.1. The van der Waals surface area contributed by atoms with E-state index in [1.54, 1.807) is 12.5 Å². The second kappa shape index (κ2) is 10.1. The minimum atomic E-state index is -2.02. The highest BCUT2D eigenvalue weighted by Gasteiger charge is 2.38. The lowest BCUT2D eigenvalue weighted by Crippen LogP contribution is -2.61. The molecule has 0 saturated carbocycles. The molecule has 0 radical (unpaired) electrons. The highest BCUT2D eigenvalue weighted by atomic mass is 32.2. The molecule has 0 unspecified atom stereocenters. The van der Waals surface area contributed by atoms with Crippen molar-refractivity contribution in [3.8, 4) is 0 Å². The zero-order chi connectivity index (χ0) is 19.0. The molecule has 0 aromatic rings. The van der Waals surface area contributed by atoms with Gasteiger partial charge in [-0.2, -0.15) is 23.5 Å². The van der Waals surface area contributed by atoms with E-state index in [2.05, 4.69) is 0 Å². The van der Waals surface area contributed by atoms with E-state index in [1.807, 2.05) is 0 Å². The molecule has 0 heterocycles. The first-order chi connectivity index (χ1) is 11.0. The average Bonchev–Trinajstić information content (AvgIpc) is 2.49. The summed E-state index contributed by atoms with van der Waals surface area (Å²) in [4.78, 5) is 35.2. The van der Waals surface area contributed by atoms with Crippen LogP contribution in [0.2, 0.25) is 0 Å². The summed E-state index contributed by atoms with van der Waals surface area (Å²) in [5.41, 5.74) is 23.8. The molecule has 0 atom stereocenters. The Labute approximate surface area is 148 Å². The standard InChI is InChI=1S/C12H25N5O5S2/c1-23-5-3-11(14,15)9(19)21-8(7(13)18)22-10(20)12(16,17)4-6-24-2/h8H,3-6,14-17H2,1-2H3,(H2,13,18). The van der Waals surface area contributed by atoms with Gasteiger partial charge in [-0.3, -0.25) is 4.79 Å². The Kier molecular flexibility index (Phi) is 9.62. The minimum Gasteiger partial charge on any atom is -0.413 e. The van der Waals surface area contributed by atoms with Crippen LogP contribution in [-0.2, 0) is 23.9 Å². The van der Waals surface area contributed by atoms with E-state index in [9.17, 15) is 14.4 Å². The Balaban J connectivity index is 4.91. The molecule has 10 nitrogen and oxygen atoms in total. The van der Waals surface area contributed by atoms with E-state index < -0.39 is 35.5 Å². The molecule has 12 heteroatoms. The van der Waals surface area contributed by atoms with Gasteiger partial charge in [0.05, 0.1) is 0 Å². The molecule has 0 bridgehead atoms. The van der Waals surface area contributed by atoms with Crippen molar-refractivity contribution in [2.75, 3.05) is 24.0 Å². The summed E-state index contributed by atoms with van der Waals surface area (Å²) >= 11 is 2.83. The van der Waals surface area contributed by atoms with Crippen LogP contribution in [0.5, 0.6) is 0 Å². The smallest absolute Gasteiger partial charge is 0.344 e. The summed E-state index contributed by atoms with van der Waals surface area (Å²) in [6.45, 7) is 0. The SMILES string of the molecule is CSCCC(N)(N)C(=O)OC(OC(=O)C(N)(N)CCSC)C(N)=O. The molecule has 0 aliphatic heterocycles. The van der Waals surface area contributed by atoms with Gasteiger partial charge < -0.3 is 38.1 Å². The highest BCUT2D eigenvalue weighted by molar-refractivity contribution is 7.98. The van der Waals surface area contributed by atoms with Crippen LogP contribution < -0.4 is 28.7 Å². The highest BCUT2D eigenvalue weighted by Crippen LogP contribution is 2.12. The Morgan fingerprint density at radius 3 is 1.46 bits per heavy atom. The van der Waals surface area contributed by atoms with Gasteiger partial charge in [-0.1, -0.05) is 0 Å². The van der Waals surface area contributed by atoms with E-state index in [0.29, 0.717) is 11.5 Å². The van der Waals surface area contributed by atoms with Gasteiger partial charge in [0, 0.05) is 0 Å². The molecule has 0 spiro atoms. The first-order valence-corrected chi connectivity index (χ1v) is 9.61. The number of hydrogen-bond acceptors (Lipinski definition) is 11. The van der Waals surface area contributed by atoms with E-state index in [4.69, 9.17) is 38.1 Å². The molecular formula is C12H25N5O5S2. The van der Waals surface area contributed by atoms with Crippen LogP contribution in [0.3, 0.4) is 0 Å². The lowest BCUT2D eigenvalue weighted by molar-refractivity contribution is -0.197. The fraction of sp³-hybridized carbons (Fsp3) is 0.750. The van der Waals surface area contributed by atoms with Gasteiger partial charge in [0.1, 0.15) is 0 Å². The number of ether oxygens (including phenoxy) is 2. The summed E-state index contributed by atoms with van der Waals surface area (Å²) in [5, 5.41) is 0. The van der Waals surface area contributed by atoms with Gasteiger partial charge in [0.25, 0.3) is 5.91 Å². The van der Waals surface area contributed by atoms with Gasteiger partial charge in [0.15, 0.2) is 11.3 Å².